The number of nitrogens with one attached hydrogen (secondary N) is 1. The summed E-state index contributed by atoms with van der Waals surface area (Å²) >= 11 is 0. The Bertz CT molecular complexity index is 634. The molecule has 0 spiro atoms. The first-order valence-corrected chi connectivity index (χ1v) is 6.42. The minimum Gasteiger partial charge on any atom is -0.451 e. The predicted molar refractivity (Wildman–Crippen MR) is 76.0 cm³/mol. The Balaban J connectivity index is 1.89. The molecule has 2 aromatic rings. The molecule has 1 heterocycles. The Morgan fingerprint density at radius 3 is 2.75 bits per heavy atom. The monoisotopic (exact) mass is 275 g/mol. The molecule has 0 saturated heterocycles. The lowest BCUT2D eigenvalue weighted by Gasteiger charge is -2.01. The fraction of sp³-hybridized carbons (Fsp3) is 0.286. The zero-order valence-electron chi connectivity index (χ0n) is 11.0. The third-order valence-corrected chi connectivity index (χ3v) is 2.90. The summed E-state index contributed by atoms with van der Waals surface area (Å²) in [5.74, 6) is -0.356. The van der Waals surface area contributed by atoms with E-state index in [4.69, 9.17) is 15.9 Å². The molecule has 5 N–H and O–H groups in total. The second-order valence-electron chi connectivity index (χ2n) is 4.59. The molecule has 0 aliphatic heterocycles. The minimum absolute atomic E-state index is 0.250. The molecule has 20 heavy (non-hydrogen) atoms. The number of furan rings is 1. The summed E-state index contributed by atoms with van der Waals surface area (Å²) in [7, 11) is 0. The number of unbranched alkanes of at least 4 members (excludes halogenated alkanes) is 1. The van der Waals surface area contributed by atoms with E-state index in [1.165, 1.54) is 0 Å². The van der Waals surface area contributed by atoms with Crippen molar-refractivity contribution < 1.29 is 14.0 Å². The van der Waals surface area contributed by atoms with E-state index in [9.17, 15) is 9.59 Å². The number of nitrogen functional groups attached to an aromatic ring is 1. The zero-order chi connectivity index (χ0) is 14.5. The van der Waals surface area contributed by atoms with Crippen LogP contribution in [0.15, 0.2) is 28.7 Å². The van der Waals surface area contributed by atoms with Gasteiger partial charge in [-0.25, -0.2) is 0 Å². The first-order chi connectivity index (χ1) is 9.56. The van der Waals surface area contributed by atoms with Crippen LogP contribution < -0.4 is 16.8 Å². The van der Waals surface area contributed by atoms with Crippen molar-refractivity contribution in [1.29, 1.82) is 0 Å². The summed E-state index contributed by atoms with van der Waals surface area (Å²) in [6.07, 6.45) is 1.69. The van der Waals surface area contributed by atoms with Gasteiger partial charge in [-0.1, -0.05) is 0 Å². The molecule has 1 aromatic carbocycles. The number of hydrogen-bond acceptors (Lipinski definition) is 4. The van der Waals surface area contributed by atoms with Crippen LogP contribution in [0.4, 0.5) is 5.69 Å². The van der Waals surface area contributed by atoms with Gasteiger partial charge >= 0.3 is 0 Å². The average Bonchev–Trinajstić information content (AvgIpc) is 2.80. The lowest BCUT2D eigenvalue weighted by molar-refractivity contribution is -0.118. The van der Waals surface area contributed by atoms with E-state index in [1.54, 1.807) is 24.3 Å². The molecule has 1 aromatic heterocycles. The molecular weight excluding hydrogens is 258 g/mol. The number of carbonyl (C=O) groups is 2. The second kappa shape index (κ2) is 6.10. The molecule has 2 rings (SSSR count). The first-order valence-electron chi connectivity index (χ1n) is 6.42. The van der Waals surface area contributed by atoms with Crippen molar-refractivity contribution >= 4 is 28.5 Å². The highest BCUT2D eigenvalue weighted by Crippen LogP contribution is 2.21. The Hall–Kier alpha value is -2.50. The maximum absolute atomic E-state index is 11.9. The highest BCUT2D eigenvalue weighted by Gasteiger charge is 2.11. The molecular formula is C14H17N3O3. The van der Waals surface area contributed by atoms with Gasteiger partial charge in [-0.2, -0.15) is 0 Å². The molecule has 0 fully saturated rings. The highest BCUT2D eigenvalue weighted by molar-refractivity contribution is 5.96. The largest absolute Gasteiger partial charge is 0.451 e. The van der Waals surface area contributed by atoms with E-state index in [1.807, 2.05) is 0 Å². The fourth-order valence-corrected chi connectivity index (χ4v) is 1.89. The zero-order valence-corrected chi connectivity index (χ0v) is 11.0. The molecule has 0 bridgehead atoms. The number of primary amides is 1. The van der Waals surface area contributed by atoms with Crippen molar-refractivity contribution in [1.82, 2.24) is 5.32 Å². The number of anilines is 1. The number of carbonyl (C=O) groups excluding carboxylic acids is 2. The van der Waals surface area contributed by atoms with Crippen LogP contribution in [0.2, 0.25) is 0 Å². The van der Waals surface area contributed by atoms with Crippen LogP contribution in [0.5, 0.6) is 0 Å². The molecule has 0 saturated carbocycles. The minimum atomic E-state index is -0.328. The maximum atomic E-state index is 11.9. The summed E-state index contributed by atoms with van der Waals surface area (Å²) < 4.78 is 5.44. The van der Waals surface area contributed by atoms with Gasteiger partial charge in [0.25, 0.3) is 5.91 Å². The Morgan fingerprint density at radius 1 is 1.20 bits per heavy atom. The third-order valence-electron chi connectivity index (χ3n) is 2.90. The molecule has 6 nitrogen and oxygen atoms in total. The second-order valence-corrected chi connectivity index (χ2v) is 4.59. The van der Waals surface area contributed by atoms with Crippen molar-refractivity contribution in [3.8, 4) is 0 Å². The van der Waals surface area contributed by atoms with E-state index < -0.39 is 0 Å². The van der Waals surface area contributed by atoms with Crippen molar-refractivity contribution in [3.63, 3.8) is 0 Å². The van der Waals surface area contributed by atoms with Crippen LogP contribution >= 0.6 is 0 Å². The number of fused-ring (bicyclic) bond motifs is 1. The third kappa shape index (κ3) is 3.50. The van der Waals surface area contributed by atoms with Gasteiger partial charge < -0.3 is 21.2 Å². The topological polar surface area (TPSA) is 111 Å². The van der Waals surface area contributed by atoms with Crippen molar-refractivity contribution in [2.45, 2.75) is 19.3 Å². The molecule has 0 unspecified atom stereocenters. The standard InChI is InChI=1S/C14H17N3O3/c15-10-4-5-11-9(7-10)8-12(20-11)14(19)17-6-2-1-3-13(16)18/h4-5,7-8H,1-3,6,15H2,(H2,16,18)(H,17,19). The summed E-state index contributed by atoms with van der Waals surface area (Å²) in [4.78, 5) is 22.4. The smallest absolute Gasteiger partial charge is 0.287 e. The van der Waals surface area contributed by atoms with Gasteiger partial charge in [-0.3, -0.25) is 9.59 Å². The van der Waals surface area contributed by atoms with Crippen LogP contribution in [0.1, 0.15) is 29.8 Å². The van der Waals surface area contributed by atoms with Crippen molar-refractivity contribution in [3.05, 3.63) is 30.0 Å². The summed E-state index contributed by atoms with van der Waals surface area (Å²) in [5.41, 5.74) is 11.9. The molecule has 0 aliphatic carbocycles. The average molecular weight is 275 g/mol. The van der Waals surface area contributed by atoms with Gasteiger partial charge in [0.2, 0.25) is 5.91 Å². The Labute approximate surface area is 116 Å². The summed E-state index contributed by atoms with van der Waals surface area (Å²) in [5, 5.41) is 3.53. The van der Waals surface area contributed by atoms with Gasteiger partial charge in [-0.05, 0) is 37.1 Å². The Kier molecular flexibility index (Phi) is 4.24. The van der Waals surface area contributed by atoms with Gasteiger partial charge in [0, 0.05) is 24.0 Å². The Morgan fingerprint density at radius 2 is 2.00 bits per heavy atom. The SMILES string of the molecule is NC(=O)CCCCNC(=O)c1cc2cc(N)ccc2o1. The van der Waals surface area contributed by atoms with Gasteiger partial charge in [0.05, 0.1) is 0 Å². The lowest BCUT2D eigenvalue weighted by atomic mass is 10.2. The van der Waals surface area contributed by atoms with Crippen LogP contribution in [-0.4, -0.2) is 18.4 Å². The van der Waals surface area contributed by atoms with E-state index in [0.29, 0.717) is 37.1 Å². The highest BCUT2D eigenvalue weighted by atomic mass is 16.3. The molecule has 106 valence electrons. The molecule has 6 heteroatoms. The fourth-order valence-electron chi connectivity index (χ4n) is 1.89. The molecule has 0 aliphatic rings. The van der Waals surface area contributed by atoms with Gasteiger partial charge in [0.15, 0.2) is 5.76 Å². The number of amides is 2. The number of hydrogen-bond donors (Lipinski definition) is 3. The van der Waals surface area contributed by atoms with E-state index >= 15 is 0 Å². The lowest BCUT2D eigenvalue weighted by Crippen LogP contribution is -2.24. The first kappa shape index (κ1) is 13.9. The predicted octanol–water partition coefficient (Wildman–Crippen LogP) is 1.40. The van der Waals surface area contributed by atoms with E-state index in [0.717, 1.165) is 5.39 Å². The van der Waals surface area contributed by atoms with E-state index in [-0.39, 0.29) is 17.6 Å². The number of benzene rings is 1. The van der Waals surface area contributed by atoms with Crippen LogP contribution in [0, 0.1) is 0 Å². The van der Waals surface area contributed by atoms with Crippen molar-refractivity contribution in [2.75, 3.05) is 12.3 Å². The number of rotatable bonds is 6. The van der Waals surface area contributed by atoms with Crippen LogP contribution in [0.25, 0.3) is 11.0 Å². The van der Waals surface area contributed by atoms with E-state index in [2.05, 4.69) is 5.32 Å². The molecule has 0 atom stereocenters. The quantitative estimate of drug-likeness (QED) is 0.546. The number of nitrogens with two attached hydrogens (primary N) is 2. The van der Waals surface area contributed by atoms with Crippen LogP contribution in [0.3, 0.4) is 0 Å². The van der Waals surface area contributed by atoms with Crippen LogP contribution in [-0.2, 0) is 4.79 Å². The van der Waals surface area contributed by atoms with Gasteiger partial charge in [0.1, 0.15) is 5.58 Å². The summed E-state index contributed by atoms with van der Waals surface area (Å²) in [6, 6.07) is 6.86. The maximum Gasteiger partial charge on any atom is 0.287 e. The van der Waals surface area contributed by atoms with Gasteiger partial charge in [-0.15, -0.1) is 0 Å². The normalized spacial score (nSPS) is 10.6. The molecule has 2 amide bonds. The molecule has 0 radical (unpaired) electrons. The van der Waals surface area contributed by atoms with Crippen molar-refractivity contribution in [2.24, 2.45) is 5.73 Å². The summed E-state index contributed by atoms with van der Waals surface area (Å²) in [6.45, 7) is 0.477.